The van der Waals surface area contributed by atoms with Crippen LogP contribution in [-0.2, 0) is 14.3 Å². The normalized spacial score (nSPS) is 11.1. The Morgan fingerprint density at radius 1 is 1.32 bits per heavy atom. The Balaban J connectivity index is 2.35. The van der Waals surface area contributed by atoms with Crippen LogP contribution in [0, 0.1) is 11.3 Å². The van der Waals surface area contributed by atoms with E-state index in [4.69, 9.17) is 14.7 Å². The highest BCUT2D eigenvalue weighted by Crippen LogP contribution is 2.13. The van der Waals surface area contributed by atoms with Crippen LogP contribution in [0.15, 0.2) is 24.3 Å². The zero-order valence-electron chi connectivity index (χ0n) is 12.8. The molecule has 1 amide bonds. The number of nitrogens with one attached hydrogen (secondary N) is 1. The van der Waals surface area contributed by atoms with E-state index in [0.29, 0.717) is 17.9 Å². The van der Waals surface area contributed by atoms with Gasteiger partial charge in [-0.2, -0.15) is 5.26 Å². The van der Waals surface area contributed by atoms with Crippen molar-refractivity contribution in [2.24, 2.45) is 0 Å². The van der Waals surface area contributed by atoms with Crippen LogP contribution >= 0.6 is 0 Å². The van der Waals surface area contributed by atoms with E-state index in [1.54, 1.807) is 24.3 Å². The van der Waals surface area contributed by atoms with Crippen molar-refractivity contribution < 1.29 is 19.1 Å². The van der Waals surface area contributed by atoms with Crippen LogP contribution in [0.4, 0.5) is 0 Å². The van der Waals surface area contributed by atoms with E-state index < -0.39 is 12.1 Å². The molecule has 0 aromatic heterocycles. The number of carbonyl (C=O) groups is 2. The van der Waals surface area contributed by atoms with E-state index in [0.717, 1.165) is 12.8 Å². The molecule has 0 spiro atoms. The summed E-state index contributed by atoms with van der Waals surface area (Å²) in [5.74, 6) is -0.488. The predicted molar refractivity (Wildman–Crippen MR) is 80.1 cm³/mol. The van der Waals surface area contributed by atoms with Gasteiger partial charge in [0.15, 0.2) is 12.7 Å². The van der Waals surface area contributed by atoms with Crippen LogP contribution in [-0.4, -0.2) is 31.1 Å². The summed E-state index contributed by atoms with van der Waals surface area (Å²) < 4.78 is 10.3. The molecule has 0 aliphatic carbocycles. The number of benzene rings is 1. The second-order valence-electron chi connectivity index (χ2n) is 4.71. The van der Waals surface area contributed by atoms with E-state index in [1.807, 2.05) is 13.0 Å². The van der Waals surface area contributed by atoms with Crippen LogP contribution in [0.2, 0.25) is 0 Å². The summed E-state index contributed by atoms with van der Waals surface area (Å²) in [4.78, 5) is 23.1. The Bertz CT molecular complexity index is 534. The molecule has 0 fully saturated rings. The molecule has 22 heavy (non-hydrogen) atoms. The van der Waals surface area contributed by atoms with Gasteiger partial charge in [-0.25, -0.2) is 4.79 Å². The van der Waals surface area contributed by atoms with Gasteiger partial charge in [0.1, 0.15) is 5.75 Å². The first-order valence-electron chi connectivity index (χ1n) is 7.17. The number of nitrogens with zero attached hydrogens (tertiary/aromatic N) is 1. The van der Waals surface area contributed by atoms with E-state index in [-0.39, 0.29) is 12.5 Å². The lowest BCUT2D eigenvalue weighted by Crippen LogP contribution is -2.33. The third-order valence-electron chi connectivity index (χ3n) is 2.83. The van der Waals surface area contributed by atoms with Crippen molar-refractivity contribution in [3.05, 3.63) is 29.8 Å². The summed E-state index contributed by atoms with van der Waals surface area (Å²) >= 11 is 0. The third kappa shape index (κ3) is 6.27. The van der Waals surface area contributed by atoms with E-state index in [2.05, 4.69) is 5.32 Å². The van der Waals surface area contributed by atoms with Gasteiger partial charge < -0.3 is 14.8 Å². The van der Waals surface area contributed by atoms with Crippen molar-refractivity contribution in [2.45, 2.75) is 32.8 Å². The van der Waals surface area contributed by atoms with Gasteiger partial charge in [0.05, 0.1) is 11.6 Å². The monoisotopic (exact) mass is 304 g/mol. The molecule has 0 aliphatic rings. The zero-order valence-corrected chi connectivity index (χ0v) is 12.8. The minimum absolute atomic E-state index is 0.316. The van der Waals surface area contributed by atoms with Crippen LogP contribution in [0.1, 0.15) is 32.3 Å². The van der Waals surface area contributed by atoms with Gasteiger partial charge in [0.2, 0.25) is 0 Å². The molecule has 6 nitrogen and oxygen atoms in total. The SMILES string of the molecule is CCCCNC(=O)COC(=O)[C@H](C)Oc1ccc(C#N)cc1. The minimum Gasteiger partial charge on any atom is -0.479 e. The second kappa shape index (κ2) is 9.40. The number of unbranched alkanes of at least 4 members (excludes halogenated alkanes) is 1. The summed E-state index contributed by atoms with van der Waals surface area (Å²) in [6, 6.07) is 8.37. The lowest BCUT2D eigenvalue weighted by Gasteiger charge is -2.14. The molecule has 0 aliphatic heterocycles. The number of rotatable bonds is 8. The minimum atomic E-state index is -0.837. The lowest BCUT2D eigenvalue weighted by atomic mass is 10.2. The van der Waals surface area contributed by atoms with Gasteiger partial charge in [-0.1, -0.05) is 13.3 Å². The largest absolute Gasteiger partial charge is 0.479 e. The van der Waals surface area contributed by atoms with E-state index in [1.165, 1.54) is 6.92 Å². The summed E-state index contributed by atoms with van der Waals surface area (Å²) in [5, 5.41) is 11.3. The molecule has 0 bridgehead atoms. The van der Waals surface area contributed by atoms with Crippen molar-refractivity contribution in [1.82, 2.24) is 5.32 Å². The van der Waals surface area contributed by atoms with Crippen LogP contribution in [0.3, 0.4) is 0 Å². The maximum atomic E-state index is 11.7. The maximum absolute atomic E-state index is 11.7. The Morgan fingerprint density at radius 2 is 2.00 bits per heavy atom. The van der Waals surface area contributed by atoms with E-state index >= 15 is 0 Å². The highest BCUT2D eigenvalue weighted by atomic mass is 16.6. The Hall–Kier alpha value is -2.55. The molecule has 1 aromatic carbocycles. The third-order valence-corrected chi connectivity index (χ3v) is 2.83. The van der Waals surface area contributed by atoms with Gasteiger partial charge in [0.25, 0.3) is 5.91 Å². The number of amides is 1. The molecule has 0 radical (unpaired) electrons. The van der Waals surface area contributed by atoms with Crippen LogP contribution in [0.5, 0.6) is 5.75 Å². The Kier molecular flexibility index (Phi) is 7.48. The molecule has 1 rings (SSSR count). The number of hydrogen-bond acceptors (Lipinski definition) is 5. The first-order valence-corrected chi connectivity index (χ1v) is 7.17. The fourth-order valence-corrected chi connectivity index (χ4v) is 1.57. The molecular weight excluding hydrogens is 284 g/mol. The Labute approximate surface area is 130 Å². The lowest BCUT2D eigenvalue weighted by molar-refractivity contribution is -0.154. The smallest absolute Gasteiger partial charge is 0.347 e. The highest BCUT2D eigenvalue weighted by molar-refractivity contribution is 5.81. The molecule has 6 heteroatoms. The molecule has 1 aromatic rings. The van der Waals surface area contributed by atoms with Crippen molar-refractivity contribution >= 4 is 11.9 Å². The van der Waals surface area contributed by atoms with Crippen molar-refractivity contribution in [1.29, 1.82) is 5.26 Å². The first kappa shape index (κ1) is 17.5. The van der Waals surface area contributed by atoms with E-state index in [9.17, 15) is 9.59 Å². The summed E-state index contributed by atoms with van der Waals surface area (Å²) in [6.07, 6.45) is 1.03. The summed E-state index contributed by atoms with van der Waals surface area (Å²) in [7, 11) is 0. The van der Waals surface area contributed by atoms with Gasteiger partial charge in [-0.15, -0.1) is 0 Å². The molecule has 1 N–H and O–H groups in total. The molecule has 0 unspecified atom stereocenters. The van der Waals surface area contributed by atoms with Crippen LogP contribution in [0.25, 0.3) is 0 Å². The molecule has 0 saturated heterocycles. The molecule has 118 valence electrons. The average Bonchev–Trinajstić information content (AvgIpc) is 2.53. The number of hydrogen-bond donors (Lipinski definition) is 1. The fourth-order valence-electron chi connectivity index (χ4n) is 1.57. The van der Waals surface area contributed by atoms with Crippen LogP contribution < -0.4 is 10.1 Å². The standard InChI is InChI=1S/C16H20N2O4/c1-3-4-9-18-15(19)11-21-16(20)12(2)22-14-7-5-13(10-17)6-8-14/h5-8,12H,3-4,9,11H2,1-2H3,(H,18,19)/t12-/m0/s1. The average molecular weight is 304 g/mol. The van der Waals surface area contributed by atoms with Crippen molar-refractivity contribution in [2.75, 3.05) is 13.2 Å². The zero-order chi connectivity index (χ0) is 16.4. The van der Waals surface area contributed by atoms with Gasteiger partial charge in [-0.3, -0.25) is 4.79 Å². The summed E-state index contributed by atoms with van der Waals surface area (Å²) in [6.45, 7) is 3.82. The highest BCUT2D eigenvalue weighted by Gasteiger charge is 2.17. The van der Waals surface area contributed by atoms with Crippen molar-refractivity contribution in [3.63, 3.8) is 0 Å². The Morgan fingerprint density at radius 3 is 2.59 bits per heavy atom. The molecular formula is C16H20N2O4. The molecule has 1 atom stereocenters. The topological polar surface area (TPSA) is 88.4 Å². The first-order chi connectivity index (χ1) is 10.6. The molecule has 0 heterocycles. The number of nitriles is 1. The fraction of sp³-hybridized carbons (Fsp3) is 0.438. The predicted octanol–water partition coefficient (Wildman–Crippen LogP) is 1.79. The van der Waals surface area contributed by atoms with Gasteiger partial charge >= 0.3 is 5.97 Å². The maximum Gasteiger partial charge on any atom is 0.347 e. The quantitative estimate of drug-likeness (QED) is 0.584. The van der Waals surface area contributed by atoms with Gasteiger partial charge in [0, 0.05) is 6.54 Å². The van der Waals surface area contributed by atoms with Gasteiger partial charge in [-0.05, 0) is 37.6 Å². The number of esters is 1. The molecule has 0 saturated carbocycles. The summed E-state index contributed by atoms with van der Waals surface area (Å²) in [5.41, 5.74) is 0.506. The number of ether oxygens (including phenoxy) is 2. The second-order valence-corrected chi connectivity index (χ2v) is 4.71. The number of carbonyl (C=O) groups excluding carboxylic acids is 2. The van der Waals surface area contributed by atoms with Crippen molar-refractivity contribution in [3.8, 4) is 11.8 Å².